The Morgan fingerprint density at radius 3 is 2.00 bits per heavy atom. The van der Waals surface area contributed by atoms with E-state index < -0.39 is 6.04 Å². The van der Waals surface area contributed by atoms with Crippen LogP contribution in [0.2, 0.25) is 0 Å². The summed E-state index contributed by atoms with van der Waals surface area (Å²) in [6.07, 6.45) is 1.68. The zero-order chi connectivity index (χ0) is 13.0. The first-order chi connectivity index (χ1) is 7.16. The smallest absolute Gasteiger partial charge is 0.237 e. The second kappa shape index (κ2) is 5.64. The van der Waals surface area contributed by atoms with Gasteiger partial charge in [0.2, 0.25) is 5.91 Å². The van der Waals surface area contributed by atoms with Crippen LogP contribution in [0.5, 0.6) is 0 Å². The van der Waals surface area contributed by atoms with Gasteiger partial charge in [-0.1, -0.05) is 34.6 Å². The van der Waals surface area contributed by atoms with Crippen molar-refractivity contribution in [3.8, 4) is 0 Å². The summed E-state index contributed by atoms with van der Waals surface area (Å²) in [5.74, 6) is -0.121. The zero-order valence-corrected chi connectivity index (χ0v) is 11.3. The summed E-state index contributed by atoms with van der Waals surface area (Å²) in [5.41, 5.74) is 11.4. The first kappa shape index (κ1) is 15.4. The molecular weight excluding hydrogens is 202 g/mol. The van der Waals surface area contributed by atoms with Crippen LogP contribution in [0.15, 0.2) is 0 Å². The van der Waals surface area contributed by atoms with E-state index in [9.17, 15) is 4.79 Å². The number of hydrogen-bond acceptors (Lipinski definition) is 3. The molecule has 1 amide bonds. The highest BCUT2D eigenvalue weighted by Crippen LogP contribution is 2.17. The lowest BCUT2D eigenvalue weighted by atomic mass is 9.86. The highest BCUT2D eigenvalue weighted by molar-refractivity contribution is 5.82. The maximum atomic E-state index is 11.8. The van der Waals surface area contributed by atoms with E-state index in [2.05, 4.69) is 5.32 Å². The van der Waals surface area contributed by atoms with E-state index in [1.54, 1.807) is 0 Å². The lowest BCUT2D eigenvalue weighted by Gasteiger charge is -2.30. The van der Waals surface area contributed by atoms with Crippen LogP contribution in [-0.4, -0.2) is 24.0 Å². The summed E-state index contributed by atoms with van der Waals surface area (Å²) < 4.78 is 0. The first-order valence-corrected chi connectivity index (χ1v) is 5.98. The third-order valence-corrected chi connectivity index (χ3v) is 3.24. The maximum absolute atomic E-state index is 11.8. The van der Waals surface area contributed by atoms with Crippen molar-refractivity contribution in [2.75, 3.05) is 6.54 Å². The summed E-state index contributed by atoms with van der Waals surface area (Å²) >= 11 is 0. The minimum absolute atomic E-state index is 0.121. The third-order valence-electron chi connectivity index (χ3n) is 3.24. The largest absolute Gasteiger partial charge is 0.353 e. The van der Waals surface area contributed by atoms with Crippen molar-refractivity contribution in [3.63, 3.8) is 0 Å². The van der Waals surface area contributed by atoms with E-state index in [-0.39, 0.29) is 16.9 Å². The topological polar surface area (TPSA) is 81.1 Å². The fourth-order valence-corrected chi connectivity index (χ4v) is 1.27. The highest BCUT2D eigenvalue weighted by Gasteiger charge is 2.29. The van der Waals surface area contributed by atoms with Crippen molar-refractivity contribution in [1.29, 1.82) is 0 Å². The number of amides is 1. The Bertz CT molecular complexity index is 229. The predicted octanol–water partition coefficient (Wildman–Crippen LogP) is 0.994. The van der Waals surface area contributed by atoms with Gasteiger partial charge < -0.3 is 16.8 Å². The lowest BCUT2D eigenvalue weighted by Crippen LogP contribution is -2.55. The molecule has 1 atom stereocenters. The molecule has 0 aliphatic carbocycles. The molecule has 5 N–H and O–H groups in total. The molecule has 4 nitrogen and oxygen atoms in total. The first-order valence-electron chi connectivity index (χ1n) is 5.98. The van der Waals surface area contributed by atoms with Crippen LogP contribution in [0, 0.1) is 5.41 Å². The molecule has 0 saturated heterocycles. The second-order valence-electron chi connectivity index (χ2n) is 5.63. The SMILES string of the molecule is CCC(N)(CC)CNC(=O)[C@@H](N)C(C)(C)C. The third kappa shape index (κ3) is 4.49. The fourth-order valence-electron chi connectivity index (χ4n) is 1.27. The lowest BCUT2D eigenvalue weighted by molar-refractivity contribution is -0.124. The van der Waals surface area contributed by atoms with Crippen molar-refractivity contribution in [2.45, 2.75) is 59.0 Å². The molecule has 0 spiro atoms. The standard InChI is InChI=1S/C12H27N3O/c1-6-12(14,7-2)8-15-10(16)9(13)11(3,4)5/h9H,6-8,13-14H2,1-5H3,(H,15,16)/t9-/m1/s1. The Kier molecular flexibility index (Phi) is 5.42. The van der Waals surface area contributed by atoms with Gasteiger partial charge in [-0.2, -0.15) is 0 Å². The summed E-state index contributed by atoms with van der Waals surface area (Å²) in [6.45, 7) is 10.4. The molecule has 0 aliphatic rings. The molecule has 0 heterocycles. The van der Waals surface area contributed by atoms with Gasteiger partial charge >= 0.3 is 0 Å². The average Bonchev–Trinajstić information content (AvgIpc) is 2.23. The highest BCUT2D eigenvalue weighted by atomic mass is 16.2. The Hall–Kier alpha value is -0.610. The van der Waals surface area contributed by atoms with Gasteiger partial charge in [0.05, 0.1) is 6.04 Å². The quantitative estimate of drug-likeness (QED) is 0.657. The van der Waals surface area contributed by atoms with Gasteiger partial charge in [-0.3, -0.25) is 4.79 Å². The van der Waals surface area contributed by atoms with Crippen LogP contribution < -0.4 is 16.8 Å². The van der Waals surface area contributed by atoms with Crippen LogP contribution in [0.25, 0.3) is 0 Å². The molecular formula is C12H27N3O. The van der Waals surface area contributed by atoms with Crippen molar-refractivity contribution in [2.24, 2.45) is 16.9 Å². The minimum atomic E-state index is -0.495. The van der Waals surface area contributed by atoms with Crippen molar-refractivity contribution in [1.82, 2.24) is 5.32 Å². The molecule has 4 heteroatoms. The van der Waals surface area contributed by atoms with Crippen LogP contribution >= 0.6 is 0 Å². The minimum Gasteiger partial charge on any atom is -0.353 e. The zero-order valence-electron chi connectivity index (χ0n) is 11.3. The van der Waals surface area contributed by atoms with Gasteiger partial charge in [0.25, 0.3) is 0 Å². The van der Waals surface area contributed by atoms with E-state index >= 15 is 0 Å². The van der Waals surface area contributed by atoms with Crippen LogP contribution in [-0.2, 0) is 4.79 Å². The van der Waals surface area contributed by atoms with Crippen LogP contribution in [0.3, 0.4) is 0 Å². The number of nitrogens with two attached hydrogens (primary N) is 2. The normalized spacial score (nSPS) is 14.7. The summed E-state index contributed by atoms with van der Waals surface area (Å²) in [6, 6.07) is -0.495. The van der Waals surface area contributed by atoms with Crippen LogP contribution in [0.1, 0.15) is 47.5 Å². The molecule has 0 radical (unpaired) electrons. The number of nitrogens with one attached hydrogen (secondary N) is 1. The molecule has 16 heavy (non-hydrogen) atoms. The van der Waals surface area contributed by atoms with Crippen molar-refractivity contribution >= 4 is 5.91 Å². The molecule has 0 aromatic heterocycles. The summed E-state index contributed by atoms with van der Waals surface area (Å²) in [4.78, 5) is 11.8. The molecule has 96 valence electrons. The molecule has 0 fully saturated rings. The number of rotatable bonds is 5. The summed E-state index contributed by atoms with van der Waals surface area (Å²) in [5, 5.41) is 2.84. The summed E-state index contributed by atoms with van der Waals surface area (Å²) in [7, 11) is 0. The van der Waals surface area contributed by atoms with Crippen molar-refractivity contribution < 1.29 is 4.79 Å². The van der Waals surface area contributed by atoms with Crippen LogP contribution in [0.4, 0.5) is 0 Å². The van der Waals surface area contributed by atoms with Gasteiger partial charge in [0.15, 0.2) is 0 Å². The Balaban J connectivity index is 4.28. The molecule has 0 aromatic carbocycles. The number of carbonyl (C=O) groups is 1. The van der Waals surface area contributed by atoms with E-state index in [0.717, 1.165) is 12.8 Å². The van der Waals surface area contributed by atoms with Gasteiger partial charge in [0.1, 0.15) is 0 Å². The van der Waals surface area contributed by atoms with Gasteiger partial charge in [-0.15, -0.1) is 0 Å². The van der Waals surface area contributed by atoms with E-state index in [1.807, 2.05) is 34.6 Å². The Morgan fingerprint density at radius 2 is 1.69 bits per heavy atom. The number of carbonyl (C=O) groups excluding carboxylic acids is 1. The predicted molar refractivity (Wildman–Crippen MR) is 67.9 cm³/mol. The second-order valence-corrected chi connectivity index (χ2v) is 5.63. The van der Waals surface area contributed by atoms with E-state index in [4.69, 9.17) is 11.5 Å². The van der Waals surface area contributed by atoms with Gasteiger partial charge in [-0.05, 0) is 18.3 Å². The van der Waals surface area contributed by atoms with Gasteiger partial charge in [-0.25, -0.2) is 0 Å². The maximum Gasteiger partial charge on any atom is 0.237 e. The van der Waals surface area contributed by atoms with Crippen molar-refractivity contribution in [3.05, 3.63) is 0 Å². The molecule has 0 saturated carbocycles. The van der Waals surface area contributed by atoms with Gasteiger partial charge in [0, 0.05) is 12.1 Å². The monoisotopic (exact) mass is 229 g/mol. The molecule has 0 aromatic rings. The molecule has 0 aliphatic heterocycles. The molecule has 0 unspecified atom stereocenters. The van der Waals surface area contributed by atoms with E-state index in [1.165, 1.54) is 0 Å². The Morgan fingerprint density at radius 1 is 1.25 bits per heavy atom. The molecule has 0 bridgehead atoms. The average molecular weight is 229 g/mol. The van der Waals surface area contributed by atoms with E-state index in [0.29, 0.717) is 6.54 Å². The molecule has 0 rings (SSSR count). The number of hydrogen-bond donors (Lipinski definition) is 3. The fraction of sp³-hybridized carbons (Fsp3) is 0.917. The Labute approximate surface area is 99.1 Å².